The molecule has 0 radical (unpaired) electrons. The molecule has 9 heteroatoms. The second-order valence-corrected chi connectivity index (χ2v) is 10.8. The molecule has 3 aromatic rings. The quantitative estimate of drug-likeness (QED) is 0.362. The van der Waals surface area contributed by atoms with Gasteiger partial charge in [-0.25, -0.2) is 8.42 Å². The van der Waals surface area contributed by atoms with Crippen molar-refractivity contribution in [2.75, 3.05) is 36.0 Å². The number of aryl methyl sites for hydroxylation is 2. The summed E-state index contributed by atoms with van der Waals surface area (Å²) in [6, 6.07) is 15.5. The lowest BCUT2D eigenvalue weighted by molar-refractivity contribution is 0.102. The Kier molecular flexibility index (Phi) is 8.46. The predicted molar refractivity (Wildman–Crippen MR) is 148 cm³/mol. The van der Waals surface area contributed by atoms with Gasteiger partial charge in [-0.2, -0.15) is 0 Å². The molecule has 0 saturated carbocycles. The number of hydrogen-bond donors (Lipinski definition) is 1. The second-order valence-electron chi connectivity index (χ2n) is 8.89. The Morgan fingerprint density at radius 2 is 1.53 bits per heavy atom. The van der Waals surface area contributed by atoms with Gasteiger partial charge < -0.3 is 19.5 Å². The van der Waals surface area contributed by atoms with Crippen LogP contribution in [0.3, 0.4) is 0 Å². The van der Waals surface area contributed by atoms with Crippen LogP contribution in [0.2, 0.25) is 0 Å². The Morgan fingerprint density at radius 3 is 2.13 bits per heavy atom. The normalized spacial score (nSPS) is 13.0. The summed E-state index contributed by atoms with van der Waals surface area (Å²) < 4.78 is 45.4. The number of anilines is 2. The van der Waals surface area contributed by atoms with E-state index in [1.165, 1.54) is 4.31 Å². The summed E-state index contributed by atoms with van der Waals surface area (Å²) in [6.07, 6.45) is 1.40. The molecule has 0 bridgehead atoms. The molecule has 0 fully saturated rings. The number of hydrogen-bond acceptors (Lipinski definition) is 6. The van der Waals surface area contributed by atoms with Gasteiger partial charge in [-0.1, -0.05) is 17.7 Å². The maximum absolute atomic E-state index is 13.4. The average molecular weight is 539 g/mol. The molecular weight excluding hydrogens is 504 g/mol. The van der Waals surface area contributed by atoms with E-state index in [-0.39, 0.29) is 10.8 Å². The topological polar surface area (TPSA) is 94.2 Å². The van der Waals surface area contributed by atoms with Crippen LogP contribution in [0.1, 0.15) is 48.7 Å². The lowest BCUT2D eigenvalue weighted by Gasteiger charge is -2.31. The van der Waals surface area contributed by atoms with Crippen molar-refractivity contribution in [3.8, 4) is 17.2 Å². The number of carbonyl (C=O) groups is 1. The first-order valence-corrected chi connectivity index (χ1v) is 14.3. The Labute approximate surface area is 224 Å². The third-order valence-corrected chi connectivity index (χ3v) is 8.02. The molecule has 202 valence electrons. The first-order chi connectivity index (χ1) is 18.3. The zero-order valence-electron chi connectivity index (χ0n) is 22.2. The fourth-order valence-electron chi connectivity index (χ4n) is 4.45. The van der Waals surface area contributed by atoms with E-state index in [0.29, 0.717) is 73.4 Å². The fourth-order valence-corrected chi connectivity index (χ4v) is 5.99. The summed E-state index contributed by atoms with van der Waals surface area (Å²) in [5.74, 6) is 1.01. The van der Waals surface area contributed by atoms with Crippen molar-refractivity contribution >= 4 is 27.3 Å². The van der Waals surface area contributed by atoms with Crippen molar-refractivity contribution < 1.29 is 27.4 Å². The molecule has 0 unspecified atom stereocenters. The van der Waals surface area contributed by atoms with Gasteiger partial charge in [-0.3, -0.25) is 9.10 Å². The summed E-state index contributed by atoms with van der Waals surface area (Å²) in [5, 5.41) is 2.93. The molecule has 0 aromatic heterocycles. The molecule has 1 heterocycles. The third kappa shape index (κ3) is 5.72. The van der Waals surface area contributed by atoms with E-state index in [1.807, 2.05) is 33.8 Å². The Bertz CT molecular complexity index is 1380. The summed E-state index contributed by atoms with van der Waals surface area (Å²) in [4.78, 5) is 13.5. The largest absolute Gasteiger partial charge is 0.490 e. The predicted octanol–water partition coefficient (Wildman–Crippen LogP) is 5.58. The van der Waals surface area contributed by atoms with E-state index in [0.717, 1.165) is 11.1 Å². The van der Waals surface area contributed by atoms with Crippen LogP contribution in [0.15, 0.2) is 59.5 Å². The van der Waals surface area contributed by atoms with Gasteiger partial charge in [0.15, 0.2) is 11.5 Å². The lowest BCUT2D eigenvalue weighted by Crippen LogP contribution is -2.35. The minimum atomic E-state index is -3.69. The molecule has 0 saturated heterocycles. The number of nitrogens with zero attached hydrogens (tertiary/aromatic N) is 1. The van der Waals surface area contributed by atoms with Gasteiger partial charge in [0.25, 0.3) is 15.9 Å². The smallest absolute Gasteiger partial charge is 0.264 e. The first kappa shape index (κ1) is 27.3. The SMILES string of the molecule is CCOc1cc(C(=O)Nc2ccc3c(c2)CCCN3S(=O)(=O)c2ccc(C)cc2)cc(OCC)c1OCC. The van der Waals surface area contributed by atoms with Crippen LogP contribution >= 0.6 is 0 Å². The highest BCUT2D eigenvalue weighted by molar-refractivity contribution is 7.92. The highest BCUT2D eigenvalue weighted by Gasteiger charge is 2.29. The van der Waals surface area contributed by atoms with Crippen LogP contribution < -0.4 is 23.8 Å². The average Bonchev–Trinajstić information content (AvgIpc) is 2.90. The molecule has 38 heavy (non-hydrogen) atoms. The van der Waals surface area contributed by atoms with Crippen LogP contribution in [0, 0.1) is 6.92 Å². The van der Waals surface area contributed by atoms with Crippen molar-refractivity contribution in [3.05, 3.63) is 71.3 Å². The summed E-state index contributed by atoms with van der Waals surface area (Å²) in [7, 11) is -3.69. The van der Waals surface area contributed by atoms with E-state index in [1.54, 1.807) is 48.5 Å². The molecule has 0 spiro atoms. The van der Waals surface area contributed by atoms with Gasteiger partial charge in [0.2, 0.25) is 5.75 Å². The Hall–Kier alpha value is -3.72. The lowest BCUT2D eigenvalue weighted by atomic mass is 10.0. The van der Waals surface area contributed by atoms with Gasteiger partial charge >= 0.3 is 0 Å². The maximum atomic E-state index is 13.4. The molecule has 1 amide bonds. The number of fused-ring (bicyclic) bond motifs is 1. The molecule has 8 nitrogen and oxygen atoms in total. The molecule has 0 atom stereocenters. The Morgan fingerprint density at radius 1 is 0.895 bits per heavy atom. The zero-order chi connectivity index (χ0) is 27.3. The van der Waals surface area contributed by atoms with Crippen LogP contribution in [0.4, 0.5) is 11.4 Å². The van der Waals surface area contributed by atoms with Gasteiger partial charge in [0.1, 0.15) is 0 Å². The van der Waals surface area contributed by atoms with Gasteiger partial charge in [-0.05, 0) is 88.6 Å². The van der Waals surface area contributed by atoms with E-state index in [2.05, 4.69) is 5.32 Å². The van der Waals surface area contributed by atoms with Gasteiger partial charge in [0.05, 0.1) is 30.4 Å². The van der Waals surface area contributed by atoms with Crippen molar-refractivity contribution in [3.63, 3.8) is 0 Å². The number of sulfonamides is 1. The summed E-state index contributed by atoms with van der Waals surface area (Å²) >= 11 is 0. The zero-order valence-corrected chi connectivity index (χ0v) is 23.1. The van der Waals surface area contributed by atoms with Crippen LogP contribution in [-0.2, 0) is 16.4 Å². The molecule has 3 aromatic carbocycles. The number of carbonyl (C=O) groups excluding carboxylic acids is 1. The monoisotopic (exact) mass is 538 g/mol. The van der Waals surface area contributed by atoms with E-state index >= 15 is 0 Å². The third-order valence-electron chi connectivity index (χ3n) is 6.19. The number of amides is 1. The van der Waals surface area contributed by atoms with Crippen molar-refractivity contribution in [1.82, 2.24) is 0 Å². The first-order valence-electron chi connectivity index (χ1n) is 12.9. The molecule has 1 aliphatic rings. The molecule has 1 aliphatic heterocycles. The van der Waals surface area contributed by atoms with Crippen LogP contribution in [0.25, 0.3) is 0 Å². The summed E-state index contributed by atoms with van der Waals surface area (Å²) in [5.41, 5.74) is 3.43. The molecule has 4 rings (SSSR count). The van der Waals surface area contributed by atoms with Gasteiger partial charge in [-0.15, -0.1) is 0 Å². The van der Waals surface area contributed by atoms with Crippen molar-refractivity contribution in [1.29, 1.82) is 0 Å². The summed E-state index contributed by atoms with van der Waals surface area (Å²) in [6.45, 7) is 9.16. The number of rotatable bonds is 10. The maximum Gasteiger partial charge on any atom is 0.264 e. The minimum Gasteiger partial charge on any atom is -0.490 e. The van der Waals surface area contributed by atoms with Crippen molar-refractivity contribution in [2.45, 2.75) is 45.4 Å². The minimum absolute atomic E-state index is 0.263. The molecule has 0 aliphatic carbocycles. The van der Waals surface area contributed by atoms with Crippen LogP contribution in [-0.4, -0.2) is 40.7 Å². The second kappa shape index (κ2) is 11.8. The van der Waals surface area contributed by atoms with Crippen molar-refractivity contribution in [2.24, 2.45) is 0 Å². The molecular formula is C29H34N2O6S. The van der Waals surface area contributed by atoms with E-state index in [9.17, 15) is 13.2 Å². The molecule has 1 N–H and O–H groups in total. The number of benzene rings is 3. The Balaban J connectivity index is 1.61. The van der Waals surface area contributed by atoms with E-state index < -0.39 is 10.0 Å². The van der Waals surface area contributed by atoms with Crippen LogP contribution in [0.5, 0.6) is 17.2 Å². The number of ether oxygens (including phenoxy) is 3. The highest BCUT2D eigenvalue weighted by atomic mass is 32.2. The fraction of sp³-hybridized carbons (Fsp3) is 0.345. The standard InChI is InChI=1S/C29H34N2O6S/c1-5-35-26-18-22(19-27(36-6-2)28(26)37-7-3)29(32)30-23-12-15-25-21(17-23)9-8-16-31(25)38(33,34)24-13-10-20(4)11-14-24/h10-15,17-19H,5-9,16H2,1-4H3,(H,30,32). The number of nitrogens with one attached hydrogen (secondary N) is 1. The van der Waals surface area contributed by atoms with Gasteiger partial charge in [0, 0.05) is 17.8 Å². The highest BCUT2D eigenvalue weighted by Crippen LogP contribution is 2.39. The van der Waals surface area contributed by atoms with E-state index in [4.69, 9.17) is 14.2 Å².